The van der Waals surface area contributed by atoms with Crippen LogP contribution in [-0.2, 0) is 19.4 Å². The van der Waals surface area contributed by atoms with Gasteiger partial charge in [0.15, 0.2) is 11.1 Å². The third kappa shape index (κ3) is 6.26. The Morgan fingerprint density at radius 2 is 2.00 bits per heavy atom. The summed E-state index contributed by atoms with van der Waals surface area (Å²) in [6.07, 6.45) is 6.99. The third-order valence-electron chi connectivity index (χ3n) is 5.23. The van der Waals surface area contributed by atoms with Gasteiger partial charge >= 0.3 is 0 Å². The lowest BCUT2D eigenvalue weighted by Crippen LogP contribution is -2.38. The molecule has 31 heavy (non-hydrogen) atoms. The van der Waals surface area contributed by atoms with Gasteiger partial charge in [0.25, 0.3) is 0 Å². The van der Waals surface area contributed by atoms with Crippen LogP contribution in [0.4, 0.5) is 0 Å². The first-order chi connectivity index (χ1) is 15.0. The standard InChI is InChI=1S/C23H35N7S/c1-16(2)15-30-21(28-29-23(30)31-5)7-6-11-25-22(24-4)26-12-10-18-14-27-20-13-17(3)8-9-19(18)20/h8-9,13-14,16,27H,6-7,10-12,15H2,1-5H3,(H2,24,25,26). The van der Waals surface area contributed by atoms with Crippen LogP contribution in [-0.4, -0.2) is 52.1 Å². The van der Waals surface area contributed by atoms with Gasteiger partial charge in [0.1, 0.15) is 5.82 Å². The van der Waals surface area contributed by atoms with Crippen molar-refractivity contribution in [3.05, 3.63) is 41.3 Å². The van der Waals surface area contributed by atoms with E-state index in [1.807, 2.05) is 7.05 Å². The van der Waals surface area contributed by atoms with E-state index in [0.717, 1.165) is 55.8 Å². The number of hydrogen-bond donors (Lipinski definition) is 3. The highest BCUT2D eigenvalue weighted by molar-refractivity contribution is 7.98. The predicted molar refractivity (Wildman–Crippen MR) is 131 cm³/mol. The van der Waals surface area contributed by atoms with Crippen molar-refractivity contribution >= 4 is 28.6 Å². The van der Waals surface area contributed by atoms with Gasteiger partial charge in [-0.25, -0.2) is 0 Å². The molecule has 3 N–H and O–H groups in total. The number of thioether (sulfide) groups is 1. The number of aromatic nitrogens is 4. The molecule has 1 aromatic carbocycles. The lowest BCUT2D eigenvalue weighted by atomic mass is 10.1. The third-order valence-corrected chi connectivity index (χ3v) is 5.89. The van der Waals surface area contributed by atoms with Crippen LogP contribution in [0.5, 0.6) is 0 Å². The highest BCUT2D eigenvalue weighted by Gasteiger charge is 2.12. The maximum atomic E-state index is 4.40. The zero-order valence-corrected chi connectivity index (χ0v) is 20.1. The summed E-state index contributed by atoms with van der Waals surface area (Å²) in [5.74, 6) is 2.48. The van der Waals surface area contributed by atoms with Crippen LogP contribution < -0.4 is 10.6 Å². The molecule has 0 fully saturated rings. The summed E-state index contributed by atoms with van der Waals surface area (Å²) in [6, 6.07) is 6.55. The number of fused-ring (bicyclic) bond motifs is 1. The predicted octanol–water partition coefficient (Wildman–Crippen LogP) is 3.79. The molecule has 0 aliphatic carbocycles. The van der Waals surface area contributed by atoms with Crippen molar-refractivity contribution in [1.29, 1.82) is 0 Å². The summed E-state index contributed by atoms with van der Waals surface area (Å²) >= 11 is 1.66. The highest BCUT2D eigenvalue weighted by Crippen LogP contribution is 2.19. The Balaban J connectivity index is 1.43. The summed E-state index contributed by atoms with van der Waals surface area (Å²) in [5, 5.41) is 17.9. The molecule has 0 spiro atoms. The van der Waals surface area contributed by atoms with Gasteiger partial charge in [0, 0.05) is 50.2 Å². The molecule has 168 valence electrons. The fourth-order valence-electron chi connectivity index (χ4n) is 3.70. The average molecular weight is 442 g/mol. The Labute approximate surface area is 189 Å². The van der Waals surface area contributed by atoms with Gasteiger partial charge in [-0.1, -0.05) is 37.7 Å². The molecular weight excluding hydrogens is 406 g/mol. The van der Waals surface area contributed by atoms with E-state index in [-0.39, 0.29) is 0 Å². The first-order valence-corrected chi connectivity index (χ1v) is 12.2. The number of aliphatic imine (C=N–C) groups is 1. The van der Waals surface area contributed by atoms with E-state index in [1.54, 1.807) is 11.8 Å². The number of guanidine groups is 1. The van der Waals surface area contributed by atoms with Crippen molar-refractivity contribution in [3.63, 3.8) is 0 Å². The van der Waals surface area contributed by atoms with Gasteiger partial charge in [-0.2, -0.15) is 0 Å². The monoisotopic (exact) mass is 441 g/mol. The fraction of sp³-hybridized carbons (Fsp3) is 0.522. The maximum absolute atomic E-state index is 4.40. The van der Waals surface area contributed by atoms with Crippen molar-refractivity contribution in [1.82, 2.24) is 30.4 Å². The molecule has 0 radical (unpaired) electrons. The molecule has 0 saturated heterocycles. The summed E-state index contributed by atoms with van der Waals surface area (Å²) in [4.78, 5) is 7.72. The molecule has 0 amide bonds. The van der Waals surface area contributed by atoms with Crippen LogP contribution in [0.3, 0.4) is 0 Å². The SMILES string of the molecule is CN=C(NCCCc1nnc(SC)n1CC(C)C)NCCc1c[nH]c2cc(C)ccc12. The Kier molecular flexibility index (Phi) is 8.40. The van der Waals surface area contributed by atoms with Crippen LogP contribution in [0.25, 0.3) is 10.9 Å². The molecule has 0 saturated carbocycles. The van der Waals surface area contributed by atoms with E-state index in [9.17, 15) is 0 Å². The number of hydrogen-bond acceptors (Lipinski definition) is 4. The second kappa shape index (κ2) is 11.2. The van der Waals surface area contributed by atoms with Crippen LogP contribution in [0.1, 0.15) is 37.2 Å². The van der Waals surface area contributed by atoms with E-state index in [1.165, 1.54) is 22.0 Å². The molecule has 2 heterocycles. The van der Waals surface area contributed by atoms with E-state index in [2.05, 4.69) is 86.8 Å². The van der Waals surface area contributed by atoms with Gasteiger partial charge in [0.05, 0.1) is 0 Å². The summed E-state index contributed by atoms with van der Waals surface area (Å²) in [7, 11) is 1.81. The second-order valence-corrected chi connectivity index (χ2v) is 9.02. The molecule has 8 heteroatoms. The Hall–Kier alpha value is -2.48. The van der Waals surface area contributed by atoms with Gasteiger partial charge in [-0.3, -0.25) is 4.99 Å². The number of H-pyrrole nitrogens is 1. The molecule has 0 atom stereocenters. The largest absolute Gasteiger partial charge is 0.361 e. The Morgan fingerprint density at radius 1 is 1.19 bits per heavy atom. The van der Waals surface area contributed by atoms with Crippen molar-refractivity contribution in [3.8, 4) is 0 Å². The number of nitrogens with one attached hydrogen (secondary N) is 3. The van der Waals surface area contributed by atoms with Gasteiger partial charge in [-0.15, -0.1) is 10.2 Å². The van der Waals surface area contributed by atoms with Crippen LogP contribution in [0, 0.1) is 12.8 Å². The van der Waals surface area contributed by atoms with Gasteiger partial charge in [0.2, 0.25) is 0 Å². The summed E-state index contributed by atoms with van der Waals surface area (Å²) in [5.41, 5.74) is 3.80. The molecule has 7 nitrogen and oxygen atoms in total. The van der Waals surface area contributed by atoms with E-state index < -0.39 is 0 Å². The first-order valence-electron chi connectivity index (χ1n) is 11.0. The van der Waals surface area contributed by atoms with Gasteiger partial charge < -0.3 is 20.2 Å². The Morgan fingerprint density at radius 3 is 2.74 bits per heavy atom. The molecule has 0 aliphatic rings. The zero-order chi connectivity index (χ0) is 22.2. The van der Waals surface area contributed by atoms with Crippen LogP contribution in [0.2, 0.25) is 0 Å². The quantitative estimate of drug-likeness (QED) is 0.193. The topological polar surface area (TPSA) is 82.9 Å². The lowest BCUT2D eigenvalue weighted by Gasteiger charge is -2.13. The number of rotatable bonds is 10. The van der Waals surface area contributed by atoms with E-state index in [0.29, 0.717) is 5.92 Å². The van der Waals surface area contributed by atoms with Crippen LogP contribution >= 0.6 is 11.8 Å². The molecule has 0 bridgehead atoms. The molecule has 0 aliphatic heterocycles. The normalized spacial score (nSPS) is 12.1. The van der Waals surface area contributed by atoms with Gasteiger partial charge in [-0.05, 0) is 49.1 Å². The molecule has 0 unspecified atom stereocenters. The number of aromatic amines is 1. The summed E-state index contributed by atoms with van der Waals surface area (Å²) < 4.78 is 2.26. The number of benzene rings is 1. The molecular formula is C23H35N7S. The van der Waals surface area contributed by atoms with Crippen molar-refractivity contribution in [2.75, 3.05) is 26.4 Å². The summed E-state index contributed by atoms with van der Waals surface area (Å²) in [6.45, 7) is 9.20. The smallest absolute Gasteiger partial charge is 0.190 e. The highest BCUT2D eigenvalue weighted by atomic mass is 32.2. The molecule has 3 rings (SSSR count). The van der Waals surface area contributed by atoms with E-state index >= 15 is 0 Å². The molecule has 3 aromatic rings. The minimum absolute atomic E-state index is 0.572. The first kappa shape index (κ1) is 23.2. The number of nitrogens with zero attached hydrogens (tertiary/aromatic N) is 4. The average Bonchev–Trinajstić information content (AvgIpc) is 3.32. The minimum Gasteiger partial charge on any atom is -0.361 e. The van der Waals surface area contributed by atoms with Crippen molar-refractivity contribution < 1.29 is 0 Å². The fourth-order valence-corrected chi connectivity index (χ4v) is 4.22. The van der Waals surface area contributed by atoms with E-state index in [4.69, 9.17) is 0 Å². The molecule has 2 aromatic heterocycles. The van der Waals surface area contributed by atoms with Crippen LogP contribution in [0.15, 0.2) is 34.5 Å². The lowest BCUT2D eigenvalue weighted by molar-refractivity contribution is 0.477. The van der Waals surface area contributed by atoms with Crippen molar-refractivity contribution in [2.45, 2.75) is 51.7 Å². The minimum atomic E-state index is 0.572. The number of aryl methyl sites for hydroxylation is 2. The maximum Gasteiger partial charge on any atom is 0.190 e. The Bertz CT molecular complexity index is 1000. The zero-order valence-electron chi connectivity index (χ0n) is 19.3. The second-order valence-electron chi connectivity index (χ2n) is 8.25. The van der Waals surface area contributed by atoms with Crippen molar-refractivity contribution in [2.24, 2.45) is 10.9 Å².